The van der Waals surface area contributed by atoms with E-state index in [-0.39, 0.29) is 11.9 Å². The molecule has 0 spiro atoms. The number of pyridine rings is 1. The second-order valence-corrected chi connectivity index (χ2v) is 7.22. The van der Waals surface area contributed by atoms with Crippen LogP contribution in [-0.4, -0.2) is 32.0 Å². The van der Waals surface area contributed by atoms with Gasteiger partial charge in [-0.1, -0.05) is 26.8 Å². The summed E-state index contributed by atoms with van der Waals surface area (Å²) in [5.41, 5.74) is 2.94. The molecule has 3 rings (SSSR count). The number of anilines is 2. The van der Waals surface area contributed by atoms with Gasteiger partial charge in [-0.05, 0) is 41.7 Å². The van der Waals surface area contributed by atoms with Crippen LogP contribution in [0, 0.1) is 23.7 Å². The molecule has 26 heavy (non-hydrogen) atoms. The number of rotatable bonds is 5. The Morgan fingerprint density at radius 3 is 2.46 bits per heavy atom. The SMILES string of the molecule is COC1N(C)c2cc(-c3ccc(F)nc3F)ccc2N1CC(C)C(C)C. The zero-order valence-corrected chi connectivity index (χ0v) is 15.8. The largest absolute Gasteiger partial charge is 0.344 e. The summed E-state index contributed by atoms with van der Waals surface area (Å²) in [7, 11) is 3.64. The molecule has 0 saturated carbocycles. The molecule has 4 nitrogen and oxygen atoms in total. The topological polar surface area (TPSA) is 28.6 Å². The highest BCUT2D eigenvalue weighted by Crippen LogP contribution is 2.42. The number of aromatic nitrogens is 1. The molecule has 0 amide bonds. The molecule has 0 aliphatic carbocycles. The van der Waals surface area contributed by atoms with Crippen molar-refractivity contribution >= 4 is 11.4 Å². The number of methoxy groups -OCH3 is 1. The molecule has 2 unspecified atom stereocenters. The molecule has 1 aromatic heterocycles. The summed E-state index contributed by atoms with van der Waals surface area (Å²) in [5, 5.41) is 0. The van der Waals surface area contributed by atoms with E-state index in [9.17, 15) is 8.78 Å². The Kier molecular flexibility index (Phi) is 5.14. The fourth-order valence-electron chi connectivity index (χ4n) is 3.29. The second kappa shape index (κ2) is 7.19. The highest BCUT2D eigenvalue weighted by Gasteiger charge is 2.35. The van der Waals surface area contributed by atoms with Crippen LogP contribution < -0.4 is 9.80 Å². The predicted molar refractivity (Wildman–Crippen MR) is 100 cm³/mol. The van der Waals surface area contributed by atoms with Gasteiger partial charge in [0.1, 0.15) is 0 Å². The van der Waals surface area contributed by atoms with Crippen molar-refractivity contribution in [3.8, 4) is 11.1 Å². The fourth-order valence-corrected chi connectivity index (χ4v) is 3.29. The van der Waals surface area contributed by atoms with Gasteiger partial charge in [0.25, 0.3) is 0 Å². The third kappa shape index (κ3) is 3.26. The maximum Gasteiger partial charge on any atom is 0.223 e. The number of ether oxygens (including phenoxy) is 1. The number of nitrogens with zero attached hydrogens (tertiary/aromatic N) is 3. The summed E-state index contributed by atoms with van der Waals surface area (Å²) in [6.45, 7) is 7.50. The Morgan fingerprint density at radius 1 is 1.12 bits per heavy atom. The Labute approximate surface area is 153 Å². The van der Waals surface area contributed by atoms with E-state index in [0.717, 1.165) is 17.9 Å². The van der Waals surface area contributed by atoms with Crippen molar-refractivity contribution in [1.29, 1.82) is 0 Å². The minimum absolute atomic E-state index is 0.211. The first-order valence-electron chi connectivity index (χ1n) is 8.82. The molecule has 0 N–H and O–H groups in total. The lowest BCUT2D eigenvalue weighted by atomic mass is 9.97. The monoisotopic (exact) mass is 361 g/mol. The number of hydrogen-bond donors (Lipinski definition) is 0. The highest BCUT2D eigenvalue weighted by atomic mass is 19.1. The Balaban J connectivity index is 2.00. The third-order valence-electron chi connectivity index (χ3n) is 5.22. The van der Waals surface area contributed by atoms with Gasteiger partial charge in [0.15, 0.2) is 0 Å². The molecular weight excluding hydrogens is 336 g/mol. The summed E-state index contributed by atoms with van der Waals surface area (Å²) >= 11 is 0. The summed E-state index contributed by atoms with van der Waals surface area (Å²) < 4.78 is 32.9. The van der Waals surface area contributed by atoms with Crippen LogP contribution in [0.5, 0.6) is 0 Å². The second-order valence-electron chi connectivity index (χ2n) is 7.22. The molecule has 6 heteroatoms. The van der Waals surface area contributed by atoms with Crippen molar-refractivity contribution in [1.82, 2.24) is 4.98 Å². The molecule has 140 valence electrons. The van der Waals surface area contributed by atoms with E-state index in [1.165, 1.54) is 12.1 Å². The number of hydrogen-bond acceptors (Lipinski definition) is 4. The van der Waals surface area contributed by atoms with Crippen molar-refractivity contribution in [2.24, 2.45) is 11.8 Å². The smallest absolute Gasteiger partial charge is 0.223 e. The van der Waals surface area contributed by atoms with Crippen molar-refractivity contribution in [2.75, 3.05) is 30.5 Å². The van der Waals surface area contributed by atoms with Gasteiger partial charge in [0.2, 0.25) is 18.2 Å². The van der Waals surface area contributed by atoms with Gasteiger partial charge >= 0.3 is 0 Å². The summed E-state index contributed by atoms with van der Waals surface area (Å²) in [6, 6.07) is 8.30. The summed E-state index contributed by atoms with van der Waals surface area (Å²) in [6.07, 6.45) is -0.211. The maximum atomic E-state index is 14.1. The molecule has 0 saturated heterocycles. The van der Waals surface area contributed by atoms with Gasteiger partial charge in [0.05, 0.1) is 11.4 Å². The molecule has 2 aromatic rings. The van der Waals surface area contributed by atoms with Gasteiger partial charge in [-0.15, -0.1) is 0 Å². The Bertz CT molecular complexity index is 797. The van der Waals surface area contributed by atoms with Gasteiger partial charge < -0.3 is 14.5 Å². The first-order chi connectivity index (χ1) is 12.3. The number of benzene rings is 1. The lowest BCUT2D eigenvalue weighted by Crippen LogP contribution is -2.45. The van der Waals surface area contributed by atoms with Crippen LogP contribution in [0.15, 0.2) is 30.3 Å². The first kappa shape index (κ1) is 18.6. The molecule has 1 aliphatic rings. The van der Waals surface area contributed by atoms with Gasteiger partial charge in [-0.3, -0.25) is 0 Å². The van der Waals surface area contributed by atoms with E-state index in [1.54, 1.807) is 7.11 Å². The van der Waals surface area contributed by atoms with Crippen molar-refractivity contribution in [3.05, 3.63) is 42.2 Å². The molecular formula is C20H25F2N3O. The van der Waals surface area contributed by atoms with Crippen molar-refractivity contribution in [3.63, 3.8) is 0 Å². The zero-order valence-electron chi connectivity index (χ0n) is 15.8. The van der Waals surface area contributed by atoms with Crippen LogP contribution >= 0.6 is 0 Å². The molecule has 1 aromatic carbocycles. The van der Waals surface area contributed by atoms with Gasteiger partial charge in [-0.2, -0.15) is 13.8 Å². The average Bonchev–Trinajstić information content (AvgIpc) is 2.86. The van der Waals surface area contributed by atoms with Crippen molar-refractivity contribution < 1.29 is 13.5 Å². The minimum atomic E-state index is -0.821. The van der Waals surface area contributed by atoms with E-state index in [0.29, 0.717) is 17.4 Å². The molecule has 2 heterocycles. The van der Waals surface area contributed by atoms with Crippen LogP contribution in [0.1, 0.15) is 20.8 Å². The zero-order chi connectivity index (χ0) is 19.0. The highest BCUT2D eigenvalue weighted by molar-refractivity contribution is 5.82. The van der Waals surface area contributed by atoms with E-state index < -0.39 is 11.9 Å². The standard InChI is InChI=1S/C20H25F2N3O/c1-12(2)13(3)11-25-16-8-6-14(10-17(16)24(4)20(25)26-5)15-7-9-18(21)23-19(15)22/h6-10,12-13,20H,11H2,1-5H3. The molecule has 0 fully saturated rings. The number of halogens is 2. The van der Waals surface area contributed by atoms with Crippen LogP contribution in [0.25, 0.3) is 11.1 Å². The Hall–Kier alpha value is -2.21. The van der Waals surface area contributed by atoms with Crippen molar-refractivity contribution in [2.45, 2.75) is 27.1 Å². The van der Waals surface area contributed by atoms with E-state index >= 15 is 0 Å². The third-order valence-corrected chi connectivity index (χ3v) is 5.22. The van der Waals surface area contributed by atoms with Crippen LogP contribution in [0.4, 0.5) is 20.2 Å². The first-order valence-corrected chi connectivity index (χ1v) is 8.82. The van der Waals surface area contributed by atoms with Crippen LogP contribution in [0.3, 0.4) is 0 Å². The van der Waals surface area contributed by atoms with Crippen LogP contribution in [-0.2, 0) is 4.74 Å². The summed E-state index contributed by atoms with van der Waals surface area (Å²) in [4.78, 5) is 7.54. The lowest BCUT2D eigenvalue weighted by molar-refractivity contribution is 0.102. The maximum absolute atomic E-state index is 14.1. The number of fused-ring (bicyclic) bond motifs is 1. The quantitative estimate of drug-likeness (QED) is 0.733. The van der Waals surface area contributed by atoms with E-state index in [4.69, 9.17) is 4.74 Å². The average molecular weight is 361 g/mol. The van der Waals surface area contributed by atoms with Gasteiger partial charge in [0, 0.05) is 26.3 Å². The van der Waals surface area contributed by atoms with E-state index in [1.807, 2.05) is 30.1 Å². The molecule has 0 radical (unpaired) electrons. The minimum Gasteiger partial charge on any atom is -0.344 e. The van der Waals surface area contributed by atoms with E-state index in [2.05, 4.69) is 30.7 Å². The molecule has 1 aliphatic heterocycles. The normalized spacial score (nSPS) is 17.8. The predicted octanol–water partition coefficient (Wildman–Crippen LogP) is 4.51. The summed E-state index contributed by atoms with van der Waals surface area (Å²) in [5.74, 6) is -0.581. The van der Waals surface area contributed by atoms with Crippen LogP contribution in [0.2, 0.25) is 0 Å². The molecule has 2 atom stereocenters. The lowest BCUT2D eigenvalue weighted by Gasteiger charge is -2.32. The Morgan fingerprint density at radius 2 is 1.85 bits per heavy atom. The molecule has 0 bridgehead atoms. The van der Waals surface area contributed by atoms with Gasteiger partial charge in [-0.25, -0.2) is 0 Å². The fraction of sp³-hybridized carbons (Fsp3) is 0.450.